The molecule has 2 aromatic carbocycles. The normalized spacial score (nSPS) is 13.7. The van der Waals surface area contributed by atoms with Crippen molar-refractivity contribution in [2.24, 2.45) is 0 Å². The van der Waals surface area contributed by atoms with Crippen molar-refractivity contribution < 1.29 is 4.79 Å². The molecular formula is C23H22ClN5O. The van der Waals surface area contributed by atoms with E-state index < -0.39 is 0 Å². The SMILES string of the molecule is Cc1c(C(=O)Nc2ccc(N3CCCCC3)c(C#N)c2)cnn1-c1ccc(Cl)cc1. The first-order chi connectivity index (χ1) is 14.6. The molecule has 0 saturated carbocycles. The van der Waals surface area contributed by atoms with E-state index in [1.807, 2.05) is 31.2 Å². The smallest absolute Gasteiger partial charge is 0.259 e. The number of hydrogen-bond donors (Lipinski definition) is 1. The van der Waals surface area contributed by atoms with Gasteiger partial charge in [-0.3, -0.25) is 4.79 Å². The second-order valence-corrected chi connectivity index (χ2v) is 7.81. The molecule has 6 nitrogen and oxygen atoms in total. The van der Waals surface area contributed by atoms with Crippen molar-refractivity contribution in [1.29, 1.82) is 5.26 Å². The number of aromatic nitrogens is 2. The van der Waals surface area contributed by atoms with Crippen molar-refractivity contribution in [3.8, 4) is 11.8 Å². The summed E-state index contributed by atoms with van der Waals surface area (Å²) in [6.45, 7) is 3.77. The van der Waals surface area contributed by atoms with Crippen LogP contribution in [0.1, 0.15) is 40.9 Å². The van der Waals surface area contributed by atoms with Gasteiger partial charge in [-0.25, -0.2) is 4.68 Å². The minimum Gasteiger partial charge on any atom is -0.370 e. The third-order valence-electron chi connectivity index (χ3n) is 5.40. The Kier molecular flexibility index (Phi) is 5.73. The Labute approximate surface area is 180 Å². The maximum absolute atomic E-state index is 12.8. The zero-order valence-corrected chi connectivity index (χ0v) is 17.5. The molecule has 2 heterocycles. The zero-order chi connectivity index (χ0) is 21.1. The summed E-state index contributed by atoms with van der Waals surface area (Å²) in [5.74, 6) is -0.262. The van der Waals surface area contributed by atoms with E-state index in [2.05, 4.69) is 21.4 Å². The third kappa shape index (κ3) is 4.03. The minimum absolute atomic E-state index is 0.262. The number of nitrogens with zero attached hydrogens (tertiary/aromatic N) is 4. The van der Waals surface area contributed by atoms with Crippen LogP contribution in [0.5, 0.6) is 0 Å². The fraction of sp³-hybridized carbons (Fsp3) is 0.261. The molecule has 4 rings (SSSR count). The Hall–Kier alpha value is -3.30. The molecule has 1 amide bonds. The first kappa shape index (κ1) is 20.0. The van der Waals surface area contributed by atoms with E-state index in [4.69, 9.17) is 11.6 Å². The zero-order valence-electron chi connectivity index (χ0n) is 16.7. The molecule has 30 heavy (non-hydrogen) atoms. The molecule has 1 aliphatic rings. The van der Waals surface area contributed by atoms with Gasteiger partial charge in [0.25, 0.3) is 5.91 Å². The summed E-state index contributed by atoms with van der Waals surface area (Å²) in [5, 5.41) is 17.5. The topological polar surface area (TPSA) is 74.0 Å². The second kappa shape index (κ2) is 8.60. The fourth-order valence-electron chi connectivity index (χ4n) is 3.79. The quantitative estimate of drug-likeness (QED) is 0.649. The molecule has 0 spiro atoms. The highest BCUT2D eigenvalue weighted by Crippen LogP contribution is 2.27. The number of anilines is 2. The summed E-state index contributed by atoms with van der Waals surface area (Å²) in [7, 11) is 0. The molecule has 0 unspecified atom stereocenters. The molecular weight excluding hydrogens is 398 g/mol. The molecule has 1 saturated heterocycles. The van der Waals surface area contributed by atoms with Crippen LogP contribution in [0.2, 0.25) is 5.02 Å². The molecule has 1 N–H and O–H groups in total. The number of hydrogen-bond acceptors (Lipinski definition) is 4. The lowest BCUT2D eigenvalue weighted by molar-refractivity contribution is 0.102. The standard InChI is InChI=1S/C23H22ClN5O/c1-16-21(15-26-29(16)20-8-5-18(24)6-9-20)23(30)27-19-7-10-22(17(13-19)14-25)28-11-3-2-4-12-28/h5-10,13,15H,2-4,11-12H2,1H3,(H,27,30). The highest BCUT2D eigenvalue weighted by Gasteiger charge is 2.18. The van der Waals surface area contributed by atoms with Gasteiger partial charge in [-0.05, 0) is 68.7 Å². The Morgan fingerprint density at radius 3 is 2.57 bits per heavy atom. The molecule has 1 aromatic heterocycles. The Morgan fingerprint density at radius 2 is 1.87 bits per heavy atom. The summed E-state index contributed by atoms with van der Waals surface area (Å²) in [6.07, 6.45) is 5.06. The van der Waals surface area contributed by atoms with Crippen LogP contribution in [0, 0.1) is 18.3 Å². The molecule has 152 valence electrons. The van der Waals surface area contributed by atoms with Crippen LogP contribution in [0.3, 0.4) is 0 Å². The van der Waals surface area contributed by atoms with Crippen molar-refractivity contribution in [1.82, 2.24) is 9.78 Å². The van der Waals surface area contributed by atoms with Gasteiger partial charge < -0.3 is 10.2 Å². The minimum atomic E-state index is -0.262. The van der Waals surface area contributed by atoms with Gasteiger partial charge in [0, 0.05) is 23.8 Å². The van der Waals surface area contributed by atoms with E-state index >= 15 is 0 Å². The van der Waals surface area contributed by atoms with E-state index in [-0.39, 0.29) is 5.91 Å². The molecule has 0 atom stereocenters. The van der Waals surface area contributed by atoms with Gasteiger partial charge in [0.15, 0.2) is 0 Å². The summed E-state index contributed by atoms with van der Waals surface area (Å²) in [6, 6.07) is 15.0. The Bertz CT molecular complexity index is 1110. The summed E-state index contributed by atoms with van der Waals surface area (Å²) >= 11 is 5.95. The van der Waals surface area contributed by atoms with Gasteiger partial charge in [0.05, 0.1) is 34.4 Å². The van der Waals surface area contributed by atoms with Crippen LogP contribution >= 0.6 is 11.6 Å². The number of nitriles is 1. The maximum Gasteiger partial charge on any atom is 0.259 e. The van der Waals surface area contributed by atoms with Crippen molar-refractivity contribution >= 4 is 28.9 Å². The summed E-state index contributed by atoms with van der Waals surface area (Å²) < 4.78 is 1.70. The molecule has 0 aliphatic carbocycles. The molecule has 7 heteroatoms. The molecule has 1 aliphatic heterocycles. The number of benzene rings is 2. The lowest BCUT2D eigenvalue weighted by atomic mass is 10.1. The number of piperidine rings is 1. The van der Waals surface area contributed by atoms with Crippen LogP contribution in [0.15, 0.2) is 48.7 Å². The van der Waals surface area contributed by atoms with E-state index in [1.165, 1.54) is 6.42 Å². The van der Waals surface area contributed by atoms with E-state index in [0.29, 0.717) is 21.8 Å². The van der Waals surface area contributed by atoms with E-state index in [0.717, 1.165) is 43.0 Å². The first-order valence-electron chi connectivity index (χ1n) is 9.98. The van der Waals surface area contributed by atoms with Gasteiger partial charge in [-0.1, -0.05) is 11.6 Å². The van der Waals surface area contributed by atoms with E-state index in [9.17, 15) is 10.1 Å². The van der Waals surface area contributed by atoms with E-state index in [1.54, 1.807) is 29.1 Å². The monoisotopic (exact) mass is 419 g/mol. The predicted molar refractivity (Wildman–Crippen MR) is 118 cm³/mol. The number of rotatable bonds is 4. The first-order valence-corrected chi connectivity index (χ1v) is 10.4. The van der Waals surface area contributed by atoms with Crippen LogP contribution in [0.25, 0.3) is 5.69 Å². The van der Waals surface area contributed by atoms with Crippen LogP contribution < -0.4 is 10.2 Å². The average molecular weight is 420 g/mol. The lowest BCUT2D eigenvalue weighted by Crippen LogP contribution is -2.30. The van der Waals surface area contributed by atoms with Gasteiger partial charge >= 0.3 is 0 Å². The Balaban J connectivity index is 1.54. The van der Waals surface area contributed by atoms with Gasteiger partial charge in [-0.15, -0.1) is 0 Å². The highest BCUT2D eigenvalue weighted by molar-refractivity contribution is 6.30. The van der Waals surface area contributed by atoms with Crippen molar-refractivity contribution in [3.63, 3.8) is 0 Å². The van der Waals surface area contributed by atoms with Gasteiger partial charge in [0.1, 0.15) is 6.07 Å². The maximum atomic E-state index is 12.8. The van der Waals surface area contributed by atoms with Gasteiger partial charge in [0.2, 0.25) is 0 Å². The lowest BCUT2D eigenvalue weighted by Gasteiger charge is -2.29. The van der Waals surface area contributed by atoms with Gasteiger partial charge in [-0.2, -0.15) is 10.4 Å². The van der Waals surface area contributed by atoms with Crippen LogP contribution in [0.4, 0.5) is 11.4 Å². The molecule has 3 aromatic rings. The number of nitrogens with one attached hydrogen (secondary N) is 1. The largest absolute Gasteiger partial charge is 0.370 e. The predicted octanol–water partition coefficient (Wildman–Crippen LogP) is 4.95. The molecule has 0 radical (unpaired) electrons. The number of amides is 1. The Morgan fingerprint density at radius 1 is 1.13 bits per heavy atom. The van der Waals surface area contributed by atoms with Crippen molar-refractivity contribution in [2.75, 3.05) is 23.3 Å². The fourth-order valence-corrected chi connectivity index (χ4v) is 3.91. The summed E-state index contributed by atoms with van der Waals surface area (Å²) in [4.78, 5) is 15.1. The number of carbonyl (C=O) groups is 1. The van der Waals surface area contributed by atoms with Crippen molar-refractivity contribution in [3.05, 3.63) is 70.5 Å². The van der Waals surface area contributed by atoms with Crippen molar-refractivity contribution in [2.45, 2.75) is 26.2 Å². The number of halogens is 1. The molecule has 1 fully saturated rings. The number of carbonyl (C=O) groups excluding carboxylic acids is 1. The second-order valence-electron chi connectivity index (χ2n) is 7.38. The van der Waals surface area contributed by atoms with Crippen LogP contribution in [-0.2, 0) is 0 Å². The average Bonchev–Trinajstić information content (AvgIpc) is 3.16. The molecule has 0 bridgehead atoms. The van der Waals surface area contributed by atoms with Crippen LogP contribution in [-0.4, -0.2) is 28.8 Å². The highest BCUT2D eigenvalue weighted by atomic mass is 35.5. The third-order valence-corrected chi connectivity index (χ3v) is 5.65. The summed E-state index contributed by atoms with van der Waals surface area (Å²) in [5.41, 5.74) is 4.12.